The molecule has 138 valence electrons. The highest BCUT2D eigenvalue weighted by molar-refractivity contribution is 7.89. The first-order valence-corrected chi connectivity index (χ1v) is 9.88. The van der Waals surface area contributed by atoms with Crippen LogP contribution in [0.3, 0.4) is 0 Å². The molecular weight excluding hydrogens is 340 g/mol. The Morgan fingerprint density at radius 1 is 1.16 bits per heavy atom. The number of ether oxygens (including phenoxy) is 1. The van der Waals surface area contributed by atoms with Crippen LogP contribution in [0.5, 0.6) is 5.75 Å². The summed E-state index contributed by atoms with van der Waals surface area (Å²) in [5.41, 5.74) is 0.643. The maximum atomic E-state index is 12.4. The standard InChI is InChI=1S/C18H26N2O4S/c1-19(2)25(22,23)17-14-15(8-10-16(17)24-3)9-11-18(21)20-12-6-4-5-7-13-20/h8-11,14H,4-7,12-13H2,1-3H3. The van der Waals surface area contributed by atoms with E-state index in [-0.39, 0.29) is 16.6 Å². The van der Waals surface area contributed by atoms with Gasteiger partial charge in [-0.1, -0.05) is 18.9 Å². The van der Waals surface area contributed by atoms with Crippen LogP contribution in [0.4, 0.5) is 0 Å². The van der Waals surface area contributed by atoms with E-state index in [4.69, 9.17) is 4.74 Å². The van der Waals surface area contributed by atoms with E-state index in [0.717, 1.165) is 43.1 Å². The van der Waals surface area contributed by atoms with Gasteiger partial charge in [-0.3, -0.25) is 4.79 Å². The summed E-state index contributed by atoms with van der Waals surface area (Å²) in [7, 11) is 0.751. The van der Waals surface area contributed by atoms with Crippen molar-refractivity contribution in [1.29, 1.82) is 0 Å². The average Bonchev–Trinajstić information content (AvgIpc) is 2.88. The number of methoxy groups -OCH3 is 1. The highest BCUT2D eigenvalue weighted by Gasteiger charge is 2.22. The summed E-state index contributed by atoms with van der Waals surface area (Å²) in [5, 5.41) is 0. The molecule has 1 aromatic rings. The van der Waals surface area contributed by atoms with Gasteiger partial charge in [0.05, 0.1) is 7.11 Å². The van der Waals surface area contributed by atoms with Gasteiger partial charge in [0.25, 0.3) is 0 Å². The zero-order valence-electron chi connectivity index (χ0n) is 15.1. The summed E-state index contributed by atoms with van der Waals surface area (Å²) in [5.74, 6) is 0.249. The second-order valence-electron chi connectivity index (χ2n) is 6.27. The highest BCUT2D eigenvalue weighted by atomic mass is 32.2. The number of hydrogen-bond acceptors (Lipinski definition) is 4. The number of likely N-dealkylation sites (tertiary alicyclic amines) is 1. The molecule has 7 heteroatoms. The molecule has 0 atom stereocenters. The molecule has 1 aliphatic rings. The molecule has 2 rings (SSSR count). The van der Waals surface area contributed by atoms with Gasteiger partial charge in [-0.05, 0) is 36.6 Å². The number of carbonyl (C=O) groups excluding carboxylic acids is 1. The fourth-order valence-corrected chi connectivity index (χ4v) is 3.84. The second kappa shape index (κ2) is 8.49. The van der Waals surface area contributed by atoms with Gasteiger partial charge in [0, 0.05) is 33.3 Å². The van der Waals surface area contributed by atoms with E-state index >= 15 is 0 Å². The zero-order valence-corrected chi connectivity index (χ0v) is 15.9. The minimum absolute atomic E-state index is 0.0327. The normalized spacial score (nSPS) is 16.2. The summed E-state index contributed by atoms with van der Waals surface area (Å²) in [6, 6.07) is 4.87. The Hall–Kier alpha value is -1.86. The van der Waals surface area contributed by atoms with Crippen LogP contribution in [0.1, 0.15) is 31.2 Å². The number of rotatable bonds is 5. The first kappa shape index (κ1) is 19.5. The second-order valence-corrected chi connectivity index (χ2v) is 8.39. The zero-order chi connectivity index (χ0) is 18.4. The molecule has 1 aliphatic heterocycles. The quantitative estimate of drug-likeness (QED) is 0.751. The lowest BCUT2D eigenvalue weighted by Crippen LogP contribution is -2.30. The molecule has 1 heterocycles. The number of sulfonamides is 1. The van der Waals surface area contributed by atoms with Crippen LogP contribution in [-0.2, 0) is 14.8 Å². The summed E-state index contributed by atoms with van der Waals surface area (Å²) >= 11 is 0. The first-order valence-electron chi connectivity index (χ1n) is 8.44. The lowest BCUT2D eigenvalue weighted by atomic mass is 10.2. The van der Waals surface area contributed by atoms with Gasteiger partial charge in [-0.25, -0.2) is 12.7 Å². The maximum Gasteiger partial charge on any atom is 0.246 e. The van der Waals surface area contributed by atoms with Gasteiger partial charge in [-0.2, -0.15) is 0 Å². The van der Waals surface area contributed by atoms with E-state index in [2.05, 4.69) is 0 Å². The van der Waals surface area contributed by atoms with Gasteiger partial charge >= 0.3 is 0 Å². The van der Waals surface area contributed by atoms with Crippen molar-refractivity contribution in [3.8, 4) is 5.75 Å². The molecule has 0 N–H and O–H groups in total. The van der Waals surface area contributed by atoms with Crippen LogP contribution in [0.25, 0.3) is 6.08 Å². The van der Waals surface area contributed by atoms with Crippen LogP contribution in [0, 0.1) is 0 Å². The van der Waals surface area contributed by atoms with Crippen molar-refractivity contribution in [2.24, 2.45) is 0 Å². The largest absolute Gasteiger partial charge is 0.495 e. The Morgan fingerprint density at radius 2 is 1.80 bits per heavy atom. The molecule has 0 bridgehead atoms. The van der Waals surface area contributed by atoms with Crippen LogP contribution in [0.2, 0.25) is 0 Å². The molecule has 0 aromatic heterocycles. The Kier molecular flexibility index (Phi) is 6.61. The van der Waals surface area contributed by atoms with Gasteiger partial charge in [0.2, 0.25) is 15.9 Å². The predicted octanol–water partition coefficient (Wildman–Crippen LogP) is 2.36. The third-order valence-electron chi connectivity index (χ3n) is 4.28. The van der Waals surface area contributed by atoms with E-state index in [1.54, 1.807) is 18.2 Å². The van der Waals surface area contributed by atoms with Crippen molar-refractivity contribution in [3.63, 3.8) is 0 Å². The molecule has 0 saturated carbocycles. The van der Waals surface area contributed by atoms with Gasteiger partial charge in [0.1, 0.15) is 10.6 Å². The minimum atomic E-state index is -3.63. The van der Waals surface area contributed by atoms with Crippen molar-refractivity contribution in [1.82, 2.24) is 9.21 Å². The van der Waals surface area contributed by atoms with Crippen LogP contribution in [-0.4, -0.2) is 57.8 Å². The molecular formula is C18H26N2O4S. The molecule has 0 radical (unpaired) electrons. The van der Waals surface area contributed by atoms with Gasteiger partial charge in [0.15, 0.2) is 0 Å². The third kappa shape index (κ3) is 4.83. The number of amides is 1. The summed E-state index contributed by atoms with van der Waals surface area (Å²) in [4.78, 5) is 14.3. The fourth-order valence-electron chi connectivity index (χ4n) is 2.76. The monoisotopic (exact) mass is 366 g/mol. The number of nitrogens with zero attached hydrogens (tertiary/aromatic N) is 2. The maximum absolute atomic E-state index is 12.4. The van der Waals surface area contributed by atoms with Crippen molar-refractivity contribution >= 4 is 22.0 Å². The van der Waals surface area contributed by atoms with Crippen LogP contribution < -0.4 is 4.74 Å². The molecule has 6 nitrogen and oxygen atoms in total. The smallest absolute Gasteiger partial charge is 0.246 e. The Morgan fingerprint density at radius 3 is 2.36 bits per heavy atom. The van der Waals surface area contributed by atoms with E-state index in [0.29, 0.717) is 5.56 Å². The molecule has 1 amide bonds. The summed E-state index contributed by atoms with van der Waals surface area (Å²) in [6.07, 6.45) is 7.57. The number of carbonyl (C=O) groups is 1. The molecule has 1 fully saturated rings. The topological polar surface area (TPSA) is 66.9 Å². The van der Waals surface area contributed by atoms with E-state index in [1.165, 1.54) is 33.3 Å². The Labute approximate surface area is 150 Å². The molecule has 0 unspecified atom stereocenters. The molecule has 0 spiro atoms. The van der Waals surface area contributed by atoms with Crippen molar-refractivity contribution < 1.29 is 17.9 Å². The Bertz CT molecular complexity index is 733. The lowest BCUT2D eigenvalue weighted by Gasteiger charge is -2.18. The van der Waals surface area contributed by atoms with Crippen molar-refractivity contribution in [2.45, 2.75) is 30.6 Å². The fraction of sp³-hybridized carbons (Fsp3) is 0.500. The molecule has 25 heavy (non-hydrogen) atoms. The predicted molar refractivity (Wildman–Crippen MR) is 97.9 cm³/mol. The van der Waals surface area contributed by atoms with E-state index < -0.39 is 10.0 Å². The molecule has 1 saturated heterocycles. The van der Waals surface area contributed by atoms with E-state index in [9.17, 15) is 13.2 Å². The lowest BCUT2D eigenvalue weighted by molar-refractivity contribution is -0.125. The molecule has 0 aliphatic carbocycles. The summed E-state index contributed by atoms with van der Waals surface area (Å²) in [6.45, 7) is 1.57. The van der Waals surface area contributed by atoms with Crippen LogP contribution >= 0.6 is 0 Å². The number of hydrogen-bond donors (Lipinski definition) is 0. The van der Waals surface area contributed by atoms with Gasteiger partial charge < -0.3 is 9.64 Å². The van der Waals surface area contributed by atoms with Gasteiger partial charge in [-0.15, -0.1) is 0 Å². The van der Waals surface area contributed by atoms with Crippen molar-refractivity contribution in [2.75, 3.05) is 34.3 Å². The van der Waals surface area contributed by atoms with Crippen LogP contribution in [0.15, 0.2) is 29.2 Å². The van der Waals surface area contributed by atoms with Crippen molar-refractivity contribution in [3.05, 3.63) is 29.8 Å². The van der Waals surface area contributed by atoms with E-state index in [1.807, 2.05) is 4.90 Å². The minimum Gasteiger partial charge on any atom is -0.495 e. The third-order valence-corrected chi connectivity index (χ3v) is 6.12. The number of benzene rings is 1. The SMILES string of the molecule is COc1ccc(C=CC(=O)N2CCCCCC2)cc1S(=O)(=O)N(C)C. The average molecular weight is 366 g/mol. The Balaban J connectivity index is 2.23. The summed E-state index contributed by atoms with van der Waals surface area (Å²) < 4.78 is 31.2. The highest BCUT2D eigenvalue weighted by Crippen LogP contribution is 2.27. The molecule has 1 aromatic carbocycles. The first-order chi connectivity index (χ1) is 11.9.